The van der Waals surface area contributed by atoms with E-state index in [1.807, 2.05) is 65.5 Å². The Labute approximate surface area is 209 Å². The zero-order chi connectivity index (χ0) is 24.9. The van der Waals surface area contributed by atoms with E-state index >= 15 is 0 Å². The molecular weight excluding hydrogens is 454 g/mol. The molecule has 5 rings (SSSR count). The van der Waals surface area contributed by atoms with Crippen molar-refractivity contribution < 1.29 is 19.0 Å². The van der Waals surface area contributed by atoms with Gasteiger partial charge in [0, 0.05) is 55.6 Å². The largest absolute Gasteiger partial charge is 0.383 e. The molecule has 1 amide bonds. The number of nitrogens with zero attached hydrogens (tertiary/aromatic N) is 4. The molecule has 0 bridgehead atoms. The molecule has 8 heteroatoms. The Morgan fingerprint density at radius 3 is 2.53 bits per heavy atom. The molecule has 0 unspecified atom stereocenters. The third-order valence-electron chi connectivity index (χ3n) is 6.09. The highest BCUT2D eigenvalue weighted by Crippen LogP contribution is 2.34. The Kier molecular flexibility index (Phi) is 6.97. The predicted molar refractivity (Wildman–Crippen MR) is 140 cm³/mol. The molecule has 0 saturated carbocycles. The fourth-order valence-electron chi connectivity index (χ4n) is 4.11. The lowest BCUT2D eigenvalue weighted by Gasteiger charge is -2.22. The van der Waals surface area contributed by atoms with E-state index in [1.165, 1.54) is 0 Å². The number of hydrogen-bond donors (Lipinski definition) is 1. The average Bonchev–Trinajstić information content (AvgIpc) is 2.91. The van der Waals surface area contributed by atoms with Crippen LogP contribution in [0.3, 0.4) is 0 Å². The maximum absolute atomic E-state index is 13.0. The summed E-state index contributed by atoms with van der Waals surface area (Å²) in [5, 5.41) is 1.09. The summed E-state index contributed by atoms with van der Waals surface area (Å²) in [6.07, 6.45) is 3.81. The molecule has 0 radical (unpaired) electrons. The van der Waals surface area contributed by atoms with Gasteiger partial charge in [0.05, 0.1) is 18.7 Å². The number of hydrazone groups is 1. The molecule has 0 atom stereocenters. The van der Waals surface area contributed by atoms with Gasteiger partial charge in [-0.05, 0) is 65.6 Å². The van der Waals surface area contributed by atoms with Crippen LogP contribution in [0.15, 0.2) is 72.9 Å². The molecule has 1 aliphatic rings. The number of hydrazine groups is 1. The second-order valence-corrected chi connectivity index (χ2v) is 8.49. The second kappa shape index (κ2) is 10.6. The molecule has 2 aromatic carbocycles. The van der Waals surface area contributed by atoms with Crippen molar-refractivity contribution in [2.45, 2.75) is 0 Å². The maximum atomic E-state index is 13.0. The van der Waals surface area contributed by atoms with Crippen LogP contribution >= 0.6 is 0 Å². The lowest BCUT2D eigenvalue weighted by Crippen LogP contribution is -2.36. The Morgan fingerprint density at radius 2 is 1.78 bits per heavy atom. The Balaban J connectivity index is 1.34. The van der Waals surface area contributed by atoms with E-state index in [2.05, 4.69) is 22.5 Å². The lowest BCUT2D eigenvalue weighted by atomic mass is 10.1. The highest BCUT2D eigenvalue weighted by atomic mass is 16.5. The Hall–Kier alpha value is -4.14. The van der Waals surface area contributed by atoms with Crippen LogP contribution in [0, 0.1) is 0 Å². The number of carbonyl (C=O) groups excluding carboxylic acids is 1. The molecule has 2 aromatic heterocycles. The minimum absolute atomic E-state index is 0.0451. The molecule has 36 heavy (non-hydrogen) atoms. The molecule has 4 aromatic rings. The number of ether oxygens (including phenoxy) is 2. The van der Waals surface area contributed by atoms with E-state index in [1.54, 1.807) is 25.3 Å². The number of carbonyl (C=O) groups is 1. The van der Waals surface area contributed by atoms with Crippen LogP contribution in [0.5, 0.6) is 0 Å². The van der Waals surface area contributed by atoms with Gasteiger partial charge in [0.1, 0.15) is 6.21 Å². The first-order valence-corrected chi connectivity index (χ1v) is 11.8. The van der Waals surface area contributed by atoms with E-state index in [0.717, 1.165) is 39.2 Å². The molecule has 182 valence electrons. The van der Waals surface area contributed by atoms with E-state index in [-0.39, 0.29) is 5.91 Å². The first kappa shape index (κ1) is 23.6. The van der Waals surface area contributed by atoms with Crippen molar-refractivity contribution >= 4 is 34.5 Å². The van der Waals surface area contributed by atoms with Crippen molar-refractivity contribution in [1.82, 2.24) is 14.9 Å². The van der Waals surface area contributed by atoms with Gasteiger partial charge in [0.25, 0.3) is 5.91 Å². The SMILES string of the molecule is COCCN(CCOC)C(=O)c1ccc(-c2ccc3c(n2)[N+](=Cc2ccc4ncccc4c2)N3)cc1. The van der Waals surface area contributed by atoms with Gasteiger partial charge in [-0.15, -0.1) is 4.68 Å². The van der Waals surface area contributed by atoms with Crippen molar-refractivity contribution in [3.63, 3.8) is 0 Å². The first-order valence-electron chi connectivity index (χ1n) is 11.8. The fourth-order valence-corrected chi connectivity index (χ4v) is 4.11. The summed E-state index contributed by atoms with van der Waals surface area (Å²) in [6.45, 7) is 1.98. The number of aromatic nitrogens is 2. The molecule has 0 aliphatic carbocycles. The summed E-state index contributed by atoms with van der Waals surface area (Å²) in [4.78, 5) is 24.0. The highest BCUT2D eigenvalue weighted by molar-refractivity contribution is 5.94. The Morgan fingerprint density at radius 1 is 1.00 bits per heavy atom. The molecule has 0 spiro atoms. The molecule has 0 saturated heterocycles. The molecule has 0 fully saturated rings. The van der Waals surface area contributed by atoms with Gasteiger partial charge in [-0.2, -0.15) is 0 Å². The van der Waals surface area contributed by atoms with E-state index in [0.29, 0.717) is 31.9 Å². The van der Waals surface area contributed by atoms with Gasteiger partial charge in [0.2, 0.25) is 0 Å². The number of amides is 1. The van der Waals surface area contributed by atoms with Crippen LogP contribution in [0.2, 0.25) is 0 Å². The number of pyridine rings is 2. The quantitative estimate of drug-likeness (QED) is 0.361. The molecule has 8 nitrogen and oxygen atoms in total. The number of fused-ring (bicyclic) bond motifs is 2. The van der Waals surface area contributed by atoms with E-state index in [9.17, 15) is 4.79 Å². The van der Waals surface area contributed by atoms with Crippen LogP contribution < -0.4 is 5.43 Å². The monoisotopic (exact) mass is 482 g/mol. The smallest absolute Gasteiger partial charge is 0.374 e. The summed E-state index contributed by atoms with van der Waals surface area (Å²) >= 11 is 0. The average molecular weight is 483 g/mol. The summed E-state index contributed by atoms with van der Waals surface area (Å²) in [5.41, 5.74) is 8.69. The molecule has 3 heterocycles. The van der Waals surface area contributed by atoms with Gasteiger partial charge in [-0.1, -0.05) is 6.07 Å². The number of methoxy groups -OCH3 is 2. The van der Waals surface area contributed by atoms with Gasteiger partial charge in [0.15, 0.2) is 11.4 Å². The zero-order valence-electron chi connectivity index (χ0n) is 20.3. The minimum atomic E-state index is -0.0451. The van der Waals surface area contributed by atoms with Gasteiger partial charge in [-0.25, -0.2) is 5.43 Å². The van der Waals surface area contributed by atoms with Crippen LogP contribution in [-0.2, 0) is 9.47 Å². The molecular formula is C28H28N5O3+. The van der Waals surface area contributed by atoms with Crippen molar-refractivity contribution in [2.24, 2.45) is 0 Å². The predicted octanol–water partition coefficient (Wildman–Crippen LogP) is 4.14. The number of hydrogen-bond acceptors (Lipinski definition) is 6. The molecule has 1 aliphatic heterocycles. The van der Waals surface area contributed by atoms with Gasteiger partial charge >= 0.3 is 5.82 Å². The Bertz CT molecular complexity index is 1410. The maximum Gasteiger partial charge on any atom is 0.374 e. The van der Waals surface area contributed by atoms with Crippen LogP contribution in [-0.4, -0.2) is 72.2 Å². The summed E-state index contributed by atoms with van der Waals surface area (Å²) in [6, 6.07) is 21.7. The van der Waals surface area contributed by atoms with Crippen LogP contribution in [0.25, 0.3) is 22.2 Å². The van der Waals surface area contributed by atoms with Crippen molar-refractivity contribution in [3.05, 3.63) is 84.1 Å². The van der Waals surface area contributed by atoms with Gasteiger partial charge in [-0.3, -0.25) is 9.78 Å². The standard InChI is InChI=1S/C28H27N5O3/c1-35-16-14-32(15-17-36-2)28(34)22-8-6-21(7-9-22)25-11-12-26-27(30-25)33(31-26)19-20-5-10-24-23(18-20)4-3-13-29-24/h3-13,18-19H,14-17H2,1-2H3/p+1. The summed E-state index contributed by atoms with van der Waals surface area (Å²) in [7, 11) is 3.26. The highest BCUT2D eigenvalue weighted by Gasteiger charge is 2.30. The fraction of sp³-hybridized carbons (Fsp3) is 0.214. The van der Waals surface area contributed by atoms with Crippen LogP contribution in [0.1, 0.15) is 15.9 Å². The van der Waals surface area contributed by atoms with E-state index < -0.39 is 0 Å². The topological polar surface area (TPSA) is 79.6 Å². The van der Waals surface area contributed by atoms with Gasteiger partial charge < -0.3 is 14.4 Å². The summed E-state index contributed by atoms with van der Waals surface area (Å²) in [5.74, 6) is 0.806. The van der Waals surface area contributed by atoms with Crippen molar-refractivity contribution in [3.8, 4) is 11.3 Å². The minimum Gasteiger partial charge on any atom is -0.383 e. The number of anilines is 1. The third-order valence-corrected chi connectivity index (χ3v) is 6.09. The lowest BCUT2D eigenvalue weighted by molar-refractivity contribution is -0.426. The number of rotatable bonds is 9. The zero-order valence-corrected chi connectivity index (χ0v) is 20.3. The molecule has 1 N–H and O–H groups in total. The third kappa shape index (κ3) is 4.95. The number of nitrogens with one attached hydrogen (secondary N) is 1. The normalized spacial score (nSPS) is 13.2. The second-order valence-electron chi connectivity index (χ2n) is 8.49. The van der Waals surface area contributed by atoms with Crippen LogP contribution in [0.4, 0.5) is 11.5 Å². The van der Waals surface area contributed by atoms with E-state index in [4.69, 9.17) is 14.5 Å². The van der Waals surface area contributed by atoms with Crippen molar-refractivity contribution in [2.75, 3.05) is 45.9 Å². The van der Waals surface area contributed by atoms with Crippen molar-refractivity contribution in [1.29, 1.82) is 0 Å². The first-order chi connectivity index (χ1) is 17.7. The number of benzene rings is 2. The summed E-state index contributed by atoms with van der Waals surface area (Å²) < 4.78 is 12.2.